The maximum Gasteiger partial charge on any atom is 0.336 e. The summed E-state index contributed by atoms with van der Waals surface area (Å²) in [7, 11) is 0. The second kappa shape index (κ2) is 8.03. The first-order valence-corrected chi connectivity index (χ1v) is 5.11. The Morgan fingerprint density at radius 3 is 2.33 bits per heavy atom. The lowest BCUT2D eigenvalue weighted by Crippen LogP contribution is -2.12. The van der Waals surface area contributed by atoms with E-state index in [2.05, 4.69) is 4.74 Å². The molecule has 0 amide bonds. The number of esters is 2. The number of hydrogen-bond donors (Lipinski definition) is 0. The molecule has 0 aromatic carbocycles. The van der Waals surface area contributed by atoms with Crippen LogP contribution in [0, 0.1) is 0 Å². The monoisotopic (exact) mass is 214 g/mol. The summed E-state index contributed by atoms with van der Waals surface area (Å²) in [5.74, 6) is -0.862. The predicted octanol–water partition coefficient (Wildman–Crippen LogP) is 2.19. The molecule has 86 valence electrons. The summed E-state index contributed by atoms with van der Waals surface area (Å²) in [6.45, 7) is 4.90. The first-order valence-electron chi connectivity index (χ1n) is 5.11. The fourth-order valence-electron chi connectivity index (χ4n) is 1.06. The minimum atomic E-state index is -0.459. The molecule has 0 aromatic rings. The molecule has 0 saturated heterocycles. The number of carbonyl (C=O) groups is 2. The molecule has 0 spiro atoms. The average molecular weight is 214 g/mol. The van der Waals surface area contributed by atoms with E-state index < -0.39 is 11.9 Å². The van der Waals surface area contributed by atoms with Crippen LogP contribution in [0.4, 0.5) is 0 Å². The van der Waals surface area contributed by atoms with E-state index >= 15 is 0 Å². The standard InChI is InChI=1S/C11H18O4/c1-4-6-10(7-5-2)11(13)15-8-14-9(3)12/h6H,4-5,7-8H2,1-3H3. The molecular formula is C11H18O4. The normalized spacial score (nSPS) is 11.0. The van der Waals surface area contributed by atoms with Crippen LogP contribution in [0.25, 0.3) is 0 Å². The summed E-state index contributed by atoms with van der Waals surface area (Å²) >= 11 is 0. The molecule has 0 unspecified atom stereocenters. The summed E-state index contributed by atoms with van der Waals surface area (Å²) in [6, 6.07) is 0. The van der Waals surface area contributed by atoms with Crippen molar-refractivity contribution in [3.8, 4) is 0 Å². The maximum atomic E-state index is 11.4. The third-order valence-corrected chi connectivity index (χ3v) is 1.68. The number of hydrogen-bond acceptors (Lipinski definition) is 4. The van der Waals surface area contributed by atoms with Crippen molar-refractivity contribution >= 4 is 11.9 Å². The number of allylic oxidation sites excluding steroid dienone is 1. The Bertz CT molecular complexity index is 243. The Labute approximate surface area is 90.2 Å². The quantitative estimate of drug-likeness (QED) is 0.386. The van der Waals surface area contributed by atoms with Gasteiger partial charge in [0.1, 0.15) is 0 Å². The first kappa shape index (κ1) is 13.7. The molecule has 15 heavy (non-hydrogen) atoms. The summed E-state index contributed by atoms with van der Waals surface area (Å²) in [4.78, 5) is 21.8. The highest BCUT2D eigenvalue weighted by molar-refractivity contribution is 5.88. The largest absolute Gasteiger partial charge is 0.428 e. The second-order valence-corrected chi connectivity index (χ2v) is 3.07. The van der Waals surface area contributed by atoms with Crippen molar-refractivity contribution in [2.75, 3.05) is 6.79 Å². The van der Waals surface area contributed by atoms with Crippen LogP contribution < -0.4 is 0 Å². The van der Waals surface area contributed by atoms with Gasteiger partial charge in [0.05, 0.1) is 0 Å². The van der Waals surface area contributed by atoms with Gasteiger partial charge in [-0.05, 0) is 12.8 Å². The van der Waals surface area contributed by atoms with Gasteiger partial charge in [-0.2, -0.15) is 0 Å². The van der Waals surface area contributed by atoms with Gasteiger partial charge in [0.25, 0.3) is 0 Å². The van der Waals surface area contributed by atoms with Gasteiger partial charge in [0, 0.05) is 12.5 Å². The van der Waals surface area contributed by atoms with Crippen LogP contribution in [0.1, 0.15) is 40.0 Å². The third kappa shape index (κ3) is 6.71. The van der Waals surface area contributed by atoms with Gasteiger partial charge in [-0.25, -0.2) is 4.79 Å². The Hall–Kier alpha value is -1.32. The lowest BCUT2D eigenvalue weighted by Gasteiger charge is -2.06. The summed E-state index contributed by atoms with van der Waals surface area (Å²) in [5.41, 5.74) is 0.646. The molecular weight excluding hydrogens is 196 g/mol. The highest BCUT2D eigenvalue weighted by Crippen LogP contribution is 2.08. The van der Waals surface area contributed by atoms with E-state index in [1.165, 1.54) is 6.92 Å². The molecule has 0 fully saturated rings. The minimum Gasteiger partial charge on any atom is -0.428 e. The lowest BCUT2D eigenvalue weighted by molar-refractivity contribution is -0.163. The van der Waals surface area contributed by atoms with E-state index in [0.717, 1.165) is 12.8 Å². The zero-order valence-electron chi connectivity index (χ0n) is 9.54. The van der Waals surface area contributed by atoms with Crippen molar-refractivity contribution in [2.45, 2.75) is 40.0 Å². The van der Waals surface area contributed by atoms with Crippen molar-refractivity contribution in [1.29, 1.82) is 0 Å². The molecule has 0 saturated carbocycles. The van der Waals surface area contributed by atoms with E-state index in [1.807, 2.05) is 19.9 Å². The average Bonchev–Trinajstić information content (AvgIpc) is 2.16. The molecule has 4 nitrogen and oxygen atoms in total. The predicted molar refractivity (Wildman–Crippen MR) is 56.0 cm³/mol. The molecule has 0 aliphatic carbocycles. The molecule has 0 N–H and O–H groups in total. The smallest absolute Gasteiger partial charge is 0.336 e. The van der Waals surface area contributed by atoms with Gasteiger partial charge in [-0.1, -0.05) is 26.3 Å². The second-order valence-electron chi connectivity index (χ2n) is 3.07. The van der Waals surface area contributed by atoms with Crippen molar-refractivity contribution in [2.24, 2.45) is 0 Å². The molecule has 0 rings (SSSR count). The Morgan fingerprint density at radius 2 is 1.87 bits per heavy atom. The molecule has 0 aliphatic rings. The van der Waals surface area contributed by atoms with Crippen LogP contribution in [0.3, 0.4) is 0 Å². The first-order chi connectivity index (χ1) is 7.11. The van der Waals surface area contributed by atoms with Gasteiger partial charge in [-0.15, -0.1) is 0 Å². The maximum absolute atomic E-state index is 11.4. The Morgan fingerprint density at radius 1 is 1.20 bits per heavy atom. The summed E-state index contributed by atoms with van der Waals surface area (Å²) < 4.78 is 9.28. The molecule has 0 aliphatic heterocycles. The van der Waals surface area contributed by atoms with E-state index in [4.69, 9.17) is 4.74 Å². The lowest BCUT2D eigenvalue weighted by atomic mass is 10.1. The molecule has 0 bridgehead atoms. The van der Waals surface area contributed by atoms with Crippen molar-refractivity contribution < 1.29 is 19.1 Å². The number of rotatable bonds is 6. The van der Waals surface area contributed by atoms with Crippen LogP contribution >= 0.6 is 0 Å². The van der Waals surface area contributed by atoms with E-state index in [0.29, 0.717) is 12.0 Å². The SMILES string of the molecule is CCC=C(CCC)C(=O)OCOC(C)=O. The van der Waals surface area contributed by atoms with Crippen LogP contribution in [0.2, 0.25) is 0 Å². The van der Waals surface area contributed by atoms with E-state index in [9.17, 15) is 9.59 Å². The third-order valence-electron chi connectivity index (χ3n) is 1.68. The summed E-state index contributed by atoms with van der Waals surface area (Å²) in [6.07, 6.45) is 4.19. The fourth-order valence-corrected chi connectivity index (χ4v) is 1.06. The number of carbonyl (C=O) groups excluding carboxylic acids is 2. The molecule has 4 heteroatoms. The zero-order valence-corrected chi connectivity index (χ0v) is 9.54. The van der Waals surface area contributed by atoms with E-state index in [1.54, 1.807) is 0 Å². The minimum absolute atomic E-state index is 0.307. The van der Waals surface area contributed by atoms with Crippen LogP contribution in [0.15, 0.2) is 11.6 Å². The van der Waals surface area contributed by atoms with Crippen molar-refractivity contribution in [3.63, 3.8) is 0 Å². The van der Waals surface area contributed by atoms with Crippen LogP contribution in [-0.4, -0.2) is 18.7 Å². The number of ether oxygens (including phenoxy) is 2. The van der Waals surface area contributed by atoms with Crippen molar-refractivity contribution in [1.82, 2.24) is 0 Å². The Kier molecular flexibility index (Phi) is 7.32. The van der Waals surface area contributed by atoms with Crippen LogP contribution in [0.5, 0.6) is 0 Å². The van der Waals surface area contributed by atoms with Crippen LogP contribution in [-0.2, 0) is 19.1 Å². The van der Waals surface area contributed by atoms with Gasteiger partial charge in [0.15, 0.2) is 0 Å². The summed E-state index contributed by atoms with van der Waals surface area (Å²) in [5, 5.41) is 0. The molecule has 0 atom stereocenters. The van der Waals surface area contributed by atoms with Gasteiger partial charge < -0.3 is 9.47 Å². The topological polar surface area (TPSA) is 52.6 Å². The van der Waals surface area contributed by atoms with Gasteiger partial charge in [-0.3, -0.25) is 4.79 Å². The van der Waals surface area contributed by atoms with Gasteiger partial charge >= 0.3 is 11.9 Å². The van der Waals surface area contributed by atoms with Gasteiger partial charge in [0.2, 0.25) is 6.79 Å². The van der Waals surface area contributed by atoms with Crippen molar-refractivity contribution in [3.05, 3.63) is 11.6 Å². The molecule has 0 heterocycles. The fraction of sp³-hybridized carbons (Fsp3) is 0.636. The Balaban J connectivity index is 4.03. The highest BCUT2D eigenvalue weighted by Gasteiger charge is 2.09. The van der Waals surface area contributed by atoms with E-state index in [-0.39, 0.29) is 6.79 Å². The molecule has 0 radical (unpaired) electrons. The molecule has 0 aromatic heterocycles. The zero-order chi connectivity index (χ0) is 11.7. The highest BCUT2D eigenvalue weighted by atomic mass is 16.7.